The van der Waals surface area contributed by atoms with E-state index in [1.807, 2.05) is 13.8 Å². The Hall–Kier alpha value is -0.610. The summed E-state index contributed by atoms with van der Waals surface area (Å²) in [6.45, 7) is 3.53. The molecule has 0 atom stereocenters. The number of rotatable bonds is 3. The maximum Gasteiger partial charge on any atom is 0.269 e. The second kappa shape index (κ2) is 4.29. The summed E-state index contributed by atoms with van der Waals surface area (Å²) in [6, 6.07) is 0. The van der Waals surface area contributed by atoms with Crippen LogP contribution in [0.4, 0.5) is 0 Å². The van der Waals surface area contributed by atoms with Gasteiger partial charge in [0.1, 0.15) is 6.61 Å². The topological polar surface area (TPSA) is 58.6 Å². The van der Waals surface area contributed by atoms with E-state index in [0.717, 1.165) is 0 Å². The van der Waals surface area contributed by atoms with Gasteiger partial charge < -0.3 is 4.74 Å². The summed E-state index contributed by atoms with van der Waals surface area (Å²) < 4.78 is 4.82. The summed E-state index contributed by atoms with van der Waals surface area (Å²) in [7, 11) is 0. The van der Waals surface area contributed by atoms with E-state index in [0.29, 0.717) is 0 Å². The Balaban J connectivity index is 3.17. The fourth-order valence-electron chi connectivity index (χ4n) is 0.275. The monoisotopic (exact) mass is 133 g/mol. The molecule has 0 unspecified atom stereocenters. The Bertz CT molecular complexity index is 92.2. The highest BCUT2D eigenvalue weighted by Crippen LogP contribution is 1.84. The molecule has 0 aromatic rings. The molecule has 1 amide bonds. The van der Waals surface area contributed by atoms with Crippen molar-refractivity contribution in [2.45, 2.75) is 20.0 Å². The number of hydrogen-bond donors (Lipinski definition) is 2. The third-order valence-electron chi connectivity index (χ3n) is 0.672. The average Bonchev–Trinajstić information content (AvgIpc) is 1.83. The fraction of sp³-hybridized carbons (Fsp3) is 0.800. The summed E-state index contributed by atoms with van der Waals surface area (Å²) in [4.78, 5) is 10.2. The molecule has 0 fully saturated rings. The molecule has 0 radical (unpaired) electrons. The van der Waals surface area contributed by atoms with Gasteiger partial charge in [0.15, 0.2) is 0 Å². The van der Waals surface area contributed by atoms with Gasteiger partial charge in [-0.25, -0.2) is 5.48 Å². The highest BCUT2D eigenvalue weighted by atomic mass is 16.5. The molecular weight excluding hydrogens is 122 g/mol. The predicted molar refractivity (Wildman–Crippen MR) is 31.0 cm³/mol. The predicted octanol–water partition coefficient (Wildman–Crippen LogP) is -0.0832. The van der Waals surface area contributed by atoms with Crippen LogP contribution in [0.5, 0.6) is 0 Å². The van der Waals surface area contributed by atoms with Gasteiger partial charge in [-0.15, -0.1) is 0 Å². The molecule has 54 valence electrons. The molecule has 0 aromatic carbocycles. The molecule has 0 aliphatic heterocycles. The van der Waals surface area contributed by atoms with Crippen molar-refractivity contribution in [3.63, 3.8) is 0 Å². The molecule has 0 aliphatic carbocycles. The van der Waals surface area contributed by atoms with Crippen molar-refractivity contribution in [2.75, 3.05) is 6.61 Å². The van der Waals surface area contributed by atoms with Gasteiger partial charge in [-0.3, -0.25) is 10.0 Å². The number of carbonyl (C=O) groups excluding carboxylic acids is 1. The molecule has 9 heavy (non-hydrogen) atoms. The zero-order valence-electron chi connectivity index (χ0n) is 5.55. The second-order valence-electron chi connectivity index (χ2n) is 1.89. The van der Waals surface area contributed by atoms with Gasteiger partial charge in [-0.1, -0.05) is 0 Å². The van der Waals surface area contributed by atoms with Gasteiger partial charge in [-0.2, -0.15) is 0 Å². The lowest BCUT2D eigenvalue weighted by atomic mass is 10.5. The first kappa shape index (κ1) is 8.39. The molecule has 0 spiro atoms. The van der Waals surface area contributed by atoms with Crippen LogP contribution < -0.4 is 5.48 Å². The standard InChI is InChI=1S/C5H11NO3/c1-4(2)9-3-5(7)6-8/h4,8H,3H2,1-2H3,(H,6,7). The van der Waals surface area contributed by atoms with Crippen LogP contribution in [0.25, 0.3) is 0 Å². The van der Waals surface area contributed by atoms with Crippen molar-refractivity contribution < 1.29 is 14.7 Å². The van der Waals surface area contributed by atoms with E-state index in [9.17, 15) is 4.79 Å². The molecule has 0 saturated carbocycles. The van der Waals surface area contributed by atoms with Crippen LogP contribution in [0.1, 0.15) is 13.8 Å². The number of nitrogens with one attached hydrogen (secondary N) is 1. The molecule has 0 rings (SSSR count). The number of amides is 1. The van der Waals surface area contributed by atoms with E-state index >= 15 is 0 Å². The van der Waals surface area contributed by atoms with E-state index in [-0.39, 0.29) is 12.7 Å². The Morgan fingerprint density at radius 1 is 1.78 bits per heavy atom. The van der Waals surface area contributed by atoms with E-state index in [1.54, 1.807) is 0 Å². The molecule has 0 saturated heterocycles. The van der Waals surface area contributed by atoms with Crippen molar-refractivity contribution in [1.29, 1.82) is 0 Å². The molecule has 4 heteroatoms. The minimum Gasteiger partial charge on any atom is -0.369 e. The molecule has 0 aromatic heterocycles. The van der Waals surface area contributed by atoms with Crippen molar-refractivity contribution in [1.82, 2.24) is 5.48 Å². The van der Waals surface area contributed by atoms with Gasteiger partial charge in [-0.05, 0) is 13.8 Å². The lowest BCUT2D eigenvalue weighted by Crippen LogP contribution is -2.25. The zero-order chi connectivity index (χ0) is 7.28. The van der Waals surface area contributed by atoms with E-state index < -0.39 is 5.91 Å². The van der Waals surface area contributed by atoms with Crippen LogP contribution in [0.15, 0.2) is 0 Å². The number of hydrogen-bond acceptors (Lipinski definition) is 3. The van der Waals surface area contributed by atoms with Gasteiger partial charge in [0, 0.05) is 0 Å². The quantitative estimate of drug-likeness (QED) is 0.418. The van der Waals surface area contributed by atoms with Gasteiger partial charge in [0.2, 0.25) is 0 Å². The summed E-state index contributed by atoms with van der Waals surface area (Å²) in [6.07, 6.45) is 0.0160. The van der Waals surface area contributed by atoms with Gasteiger partial charge >= 0.3 is 0 Å². The molecular formula is C5H11NO3. The average molecular weight is 133 g/mol. The first-order valence-corrected chi connectivity index (χ1v) is 2.71. The molecule has 4 nitrogen and oxygen atoms in total. The van der Waals surface area contributed by atoms with Gasteiger partial charge in [0.05, 0.1) is 6.10 Å². The lowest BCUT2D eigenvalue weighted by Gasteiger charge is -2.04. The minimum atomic E-state index is -0.524. The molecule has 0 heterocycles. The van der Waals surface area contributed by atoms with Crippen molar-refractivity contribution in [3.05, 3.63) is 0 Å². The Morgan fingerprint density at radius 2 is 2.33 bits per heavy atom. The maximum atomic E-state index is 10.2. The smallest absolute Gasteiger partial charge is 0.269 e. The number of hydroxylamine groups is 1. The lowest BCUT2D eigenvalue weighted by molar-refractivity contribution is -0.135. The highest BCUT2D eigenvalue weighted by Gasteiger charge is 1.99. The van der Waals surface area contributed by atoms with E-state index in [2.05, 4.69) is 0 Å². The summed E-state index contributed by atoms with van der Waals surface area (Å²) in [5.74, 6) is -0.524. The van der Waals surface area contributed by atoms with Crippen molar-refractivity contribution in [3.8, 4) is 0 Å². The van der Waals surface area contributed by atoms with Crippen LogP contribution >= 0.6 is 0 Å². The maximum absolute atomic E-state index is 10.2. The Labute approximate surface area is 53.8 Å². The van der Waals surface area contributed by atoms with E-state index in [1.165, 1.54) is 5.48 Å². The SMILES string of the molecule is CC(C)OCC(=O)NO. The second-order valence-corrected chi connectivity index (χ2v) is 1.89. The summed E-state index contributed by atoms with van der Waals surface area (Å²) >= 11 is 0. The molecule has 0 aliphatic rings. The Morgan fingerprint density at radius 3 is 2.67 bits per heavy atom. The van der Waals surface area contributed by atoms with Crippen LogP contribution in [0.2, 0.25) is 0 Å². The van der Waals surface area contributed by atoms with Crippen molar-refractivity contribution >= 4 is 5.91 Å². The largest absolute Gasteiger partial charge is 0.369 e. The third kappa shape index (κ3) is 5.26. The Kier molecular flexibility index (Phi) is 4.00. The van der Waals surface area contributed by atoms with Crippen LogP contribution in [0, 0.1) is 0 Å². The molecule has 2 N–H and O–H groups in total. The number of ether oxygens (including phenoxy) is 1. The van der Waals surface area contributed by atoms with Crippen molar-refractivity contribution in [2.24, 2.45) is 0 Å². The molecule has 0 bridgehead atoms. The normalized spacial score (nSPS) is 9.78. The third-order valence-corrected chi connectivity index (χ3v) is 0.672. The highest BCUT2D eigenvalue weighted by molar-refractivity contribution is 5.75. The summed E-state index contributed by atoms with van der Waals surface area (Å²) in [5, 5.41) is 7.97. The zero-order valence-corrected chi connectivity index (χ0v) is 5.55. The van der Waals surface area contributed by atoms with Crippen LogP contribution in [0.3, 0.4) is 0 Å². The minimum absolute atomic E-state index is 0.0160. The van der Waals surface area contributed by atoms with Crippen LogP contribution in [-0.4, -0.2) is 23.8 Å². The summed E-state index contributed by atoms with van der Waals surface area (Å²) in [5.41, 5.74) is 1.46. The first-order chi connectivity index (χ1) is 4.16. The van der Waals surface area contributed by atoms with Crippen LogP contribution in [-0.2, 0) is 9.53 Å². The van der Waals surface area contributed by atoms with E-state index in [4.69, 9.17) is 9.94 Å². The van der Waals surface area contributed by atoms with Gasteiger partial charge in [0.25, 0.3) is 5.91 Å². The fourth-order valence-corrected chi connectivity index (χ4v) is 0.275. The number of carbonyl (C=O) groups is 1. The first-order valence-electron chi connectivity index (χ1n) is 2.71.